The number of amides is 2. The molecule has 0 spiro atoms. The second-order valence-electron chi connectivity index (χ2n) is 7.23. The molecule has 0 radical (unpaired) electrons. The largest absolute Gasteiger partial charge is 0.334 e. The maximum Gasteiger partial charge on any atom is 0.254 e. The summed E-state index contributed by atoms with van der Waals surface area (Å²) in [5.74, 6) is 0.132. The summed E-state index contributed by atoms with van der Waals surface area (Å²) >= 11 is 0. The third kappa shape index (κ3) is 3.12. The molecule has 2 aromatic rings. The van der Waals surface area contributed by atoms with E-state index in [0.29, 0.717) is 19.6 Å². The van der Waals surface area contributed by atoms with Crippen LogP contribution in [0.4, 0.5) is 0 Å². The summed E-state index contributed by atoms with van der Waals surface area (Å²) in [7, 11) is 0. The zero-order valence-electron chi connectivity index (χ0n) is 15.1. The van der Waals surface area contributed by atoms with Gasteiger partial charge in [-0.15, -0.1) is 0 Å². The Balaban J connectivity index is 1.58. The maximum atomic E-state index is 13.1. The van der Waals surface area contributed by atoms with Crippen molar-refractivity contribution in [3.63, 3.8) is 0 Å². The highest BCUT2D eigenvalue weighted by Crippen LogP contribution is 2.28. The molecule has 0 unspecified atom stereocenters. The highest BCUT2D eigenvalue weighted by atomic mass is 16.2. The summed E-state index contributed by atoms with van der Waals surface area (Å²) < 4.78 is 0. The highest BCUT2D eigenvalue weighted by molar-refractivity contribution is 5.94. The molecule has 1 atom stereocenters. The normalized spacial score (nSPS) is 19.3. The molecule has 2 aromatic carbocycles. The zero-order chi connectivity index (χ0) is 18.1. The molecular formula is C22H24N2O2. The number of benzene rings is 2. The Kier molecular flexibility index (Phi) is 4.49. The predicted molar refractivity (Wildman–Crippen MR) is 101 cm³/mol. The fourth-order valence-corrected chi connectivity index (χ4v) is 4.19. The van der Waals surface area contributed by atoms with Crippen LogP contribution in [0.5, 0.6) is 0 Å². The van der Waals surface area contributed by atoms with Crippen molar-refractivity contribution in [2.45, 2.75) is 32.2 Å². The second-order valence-corrected chi connectivity index (χ2v) is 7.23. The molecule has 1 aliphatic heterocycles. The average molecular weight is 348 g/mol. The van der Waals surface area contributed by atoms with Crippen molar-refractivity contribution in [1.29, 1.82) is 0 Å². The molecule has 4 heteroatoms. The Morgan fingerprint density at radius 2 is 1.73 bits per heavy atom. The van der Waals surface area contributed by atoms with Crippen LogP contribution < -0.4 is 0 Å². The average Bonchev–Trinajstić information content (AvgIpc) is 3.15. The van der Waals surface area contributed by atoms with Crippen LogP contribution in [0, 0.1) is 0 Å². The van der Waals surface area contributed by atoms with E-state index >= 15 is 0 Å². The van der Waals surface area contributed by atoms with E-state index in [2.05, 4.69) is 12.1 Å². The highest BCUT2D eigenvalue weighted by Gasteiger charge is 2.32. The number of hydrogen-bond donors (Lipinski definition) is 0. The number of nitrogens with zero attached hydrogens (tertiary/aromatic N) is 2. The van der Waals surface area contributed by atoms with E-state index in [4.69, 9.17) is 0 Å². The molecule has 1 aliphatic carbocycles. The van der Waals surface area contributed by atoms with Crippen LogP contribution in [0.3, 0.4) is 0 Å². The fourth-order valence-electron chi connectivity index (χ4n) is 4.19. The Bertz CT molecular complexity index is 831. The molecule has 2 aliphatic rings. The lowest BCUT2D eigenvalue weighted by molar-refractivity contribution is -0.133. The first kappa shape index (κ1) is 16.8. The molecule has 4 rings (SSSR count). The number of hydrogen-bond acceptors (Lipinski definition) is 2. The van der Waals surface area contributed by atoms with E-state index in [9.17, 15) is 9.59 Å². The van der Waals surface area contributed by atoms with Crippen molar-refractivity contribution < 1.29 is 9.59 Å². The van der Waals surface area contributed by atoms with Gasteiger partial charge in [-0.3, -0.25) is 9.59 Å². The molecule has 134 valence electrons. The Morgan fingerprint density at radius 1 is 0.962 bits per heavy atom. The molecule has 1 saturated heterocycles. The van der Waals surface area contributed by atoms with Crippen LogP contribution in [0.1, 0.15) is 46.4 Å². The molecule has 2 amide bonds. The lowest BCUT2D eigenvalue weighted by atomic mass is 10.0. The van der Waals surface area contributed by atoms with Gasteiger partial charge in [-0.05, 0) is 48.1 Å². The van der Waals surface area contributed by atoms with Crippen molar-refractivity contribution in [3.05, 3.63) is 70.8 Å². The summed E-state index contributed by atoms with van der Waals surface area (Å²) in [5, 5.41) is 0. The minimum atomic E-state index is -0.0826. The van der Waals surface area contributed by atoms with Crippen molar-refractivity contribution >= 4 is 11.8 Å². The molecule has 26 heavy (non-hydrogen) atoms. The predicted octanol–water partition coefficient (Wildman–Crippen LogP) is 3.22. The van der Waals surface area contributed by atoms with Gasteiger partial charge >= 0.3 is 0 Å². The van der Waals surface area contributed by atoms with Gasteiger partial charge in [0.2, 0.25) is 5.91 Å². The standard InChI is InChI=1S/C22H24N2O2/c1-16(25)24-13-12-23(15-21(24)18-6-3-2-4-7-18)22(26)20-11-10-17-8-5-9-19(17)14-20/h2-4,6-7,10-11,14,21H,5,8-9,12-13,15H2,1H3/t21-/m1/s1. The smallest absolute Gasteiger partial charge is 0.254 e. The lowest BCUT2D eigenvalue weighted by Gasteiger charge is -2.41. The van der Waals surface area contributed by atoms with E-state index in [1.807, 2.05) is 46.2 Å². The van der Waals surface area contributed by atoms with Crippen molar-refractivity contribution in [2.75, 3.05) is 19.6 Å². The van der Waals surface area contributed by atoms with Crippen LogP contribution in [0.15, 0.2) is 48.5 Å². The molecule has 1 fully saturated rings. The van der Waals surface area contributed by atoms with Gasteiger partial charge in [-0.25, -0.2) is 0 Å². The number of fused-ring (bicyclic) bond motifs is 1. The van der Waals surface area contributed by atoms with Gasteiger partial charge in [0, 0.05) is 32.1 Å². The fraction of sp³-hybridized carbons (Fsp3) is 0.364. The number of aryl methyl sites for hydroxylation is 2. The Hall–Kier alpha value is -2.62. The van der Waals surface area contributed by atoms with Gasteiger partial charge in [-0.1, -0.05) is 36.4 Å². The lowest BCUT2D eigenvalue weighted by Crippen LogP contribution is -2.51. The van der Waals surface area contributed by atoms with E-state index < -0.39 is 0 Å². The van der Waals surface area contributed by atoms with Gasteiger partial charge < -0.3 is 9.80 Å². The third-order valence-corrected chi connectivity index (χ3v) is 5.60. The summed E-state index contributed by atoms with van der Waals surface area (Å²) in [6.07, 6.45) is 3.37. The van der Waals surface area contributed by atoms with Crippen LogP contribution in [-0.2, 0) is 17.6 Å². The third-order valence-electron chi connectivity index (χ3n) is 5.60. The first-order valence-electron chi connectivity index (χ1n) is 9.37. The summed E-state index contributed by atoms with van der Waals surface area (Å²) in [4.78, 5) is 28.9. The van der Waals surface area contributed by atoms with E-state index in [1.54, 1.807) is 6.92 Å². The van der Waals surface area contributed by atoms with Gasteiger partial charge in [0.15, 0.2) is 0 Å². The van der Waals surface area contributed by atoms with Crippen molar-refractivity contribution in [3.8, 4) is 0 Å². The minimum absolute atomic E-state index is 0.0588. The summed E-state index contributed by atoms with van der Waals surface area (Å²) in [6, 6.07) is 16.0. The van der Waals surface area contributed by atoms with E-state index in [1.165, 1.54) is 17.5 Å². The van der Waals surface area contributed by atoms with Gasteiger partial charge in [0.25, 0.3) is 5.91 Å². The monoisotopic (exact) mass is 348 g/mol. The molecular weight excluding hydrogens is 324 g/mol. The van der Waals surface area contributed by atoms with Crippen molar-refractivity contribution in [1.82, 2.24) is 9.80 Å². The molecule has 0 aromatic heterocycles. The Labute approximate surface area is 154 Å². The Morgan fingerprint density at radius 3 is 2.50 bits per heavy atom. The van der Waals surface area contributed by atoms with Crippen LogP contribution >= 0.6 is 0 Å². The van der Waals surface area contributed by atoms with Crippen molar-refractivity contribution in [2.24, 2.45) is 0 Å². The summed E-state index contributed by atoms with van der Waals surface area (Å²) in [6.45, 7) is 3.30. The zero-order valence-corrected chi connectivity index (χ0v) is 15.1. The van der Waals surface area contributed by atoms with E-state index in [-0.39, 0.29) is 17.9 Å². The molecule has 0 saturated carbocycles. The first-order chi connectivity index (χ1) is 12.6. The van der Waals surface area contributed by atoms with Gasteiger partial charge in [0.05, 0.1) is 6.04 Å². The molecule has 0 bridgehead atoms. The SMILES string of the molecule is CC(=O)N1CCN(C(=O)c2ccc3c(c2)CCC3)C[C@@H]1c1ccccc1. The van der Waals surface area contributed by atoms with Crippen LogP contribution in [0.25, 0.3) is 0 Å². The van der Waals surface area contributed by atoms with Gasteiger partial charge in [0.1, 0.15) is 0 Å². The molecule has 1 heterocycles. The maximum absolute atomic E-state index is 13.1. The first-order valence-corrected chi connectivity index (χ1v) is 9.37. The molecule has 0 N–H and O–H groups in total. The number of carbonyl (C=O) groups excluding carboxylic acids is 2. The van der Waals surface area contributed by atoms with Crippen LogP contribution in [-0.4, -0.2) is 41.2 Å². The summed E-state index contributed by atoms with van der Waals surface area (Å²) in [5.41, 5.74) is 4.55. The second kappa shape index (κ2) is 6.94. The molecule has 4 nitrogen and oxygen atoms in total. The topological polar surface area (TPSA) is 40.6 Å². The number of rotatable bonds is 2. The van der Waals surface area contributed by atoms with E-state index in [0.717, 1.165) is 24.0 Å². The quantitative estimate of drug-likeness (QED) is 0.836. The van der Waals surface area contributed by atoms with Gasteiger partial charge in [-0.2, -0.15) is 0 Å². The van der Waals surface area contributed by atoms with Crippen LogP contribution in [0.2, 0.25) is 0 Å². The number of piperazine rings is 1. The number of carbonyl (C=O) groups is 2. The minimum Gasteiger partial charge on any atom is -0.334 e.